The third-order valence-electron chi connectivity index (χ3n) is 7.32. The van der Waals surface area contributed by atoms with Crippen molar-refractivity contribution < 1.29 is 19.1 Å². The molecule has 0 bridgehead atoms. The molecule has 1 amide bonds. The summed E-state index contributed by atoms with van der Waals surface area (Å²) >= 11 is 0. The lowest BCUT2D eigenvalue weighted by molar-refractivity contribution is -0.142. The second kappa shape index (κ2) is 8.37. The Morgan fingerprint density at radius 3 is 2.58 bits per heavy atom. The van der Waals surface area contributed by atoms with Crippen LogP contribution in [0.2, 0.25) is 0 Å². The maximum atomic E-state index is 13.5. The van der Waals surface area contributed by atoms with Crippen LogP contribution in [0.4, 0.5) is 10.5 Å². The number of nitrogens with one attached hydrogen (secondary N) is 2. The molecule has 7 heteroatoms. The first-order valence-electron chi connectivity index (χ1n) is 11.6. The van der Waals surface area contributed by atoms with Gasteiger partial charge in [-0.05, 0) is 36.0 Å². The highest BCUT2D eigenvalue weighted by atomic mass is 16.6. The molecule has 3 aliphatic rings. The van der Waals surface area contributed by atoms with Crippen molar-refractivity contribution in [3.05, 3.63) is 65.7 Å². The van der Waals surface area contributed by atoms with Gasteiger partial charge in [0.05, 0.1) is 18.6 Å². The fourth-order valence-corrected chi connectivity index (χ4v) is 6.07. The molecule has 174 valence electrons. The standard InChI is InChI=1S/C26H31N3O4/c1-16(2)13-21-22-26(14-20(27-22)23(30)32-3)18-11-7-8-12-19(18)28-24(26)29(21)25(31)33-15-17-9-5-4-6-10-17/h4-12,16,20-22,24,27-28H,13-15H2,1-3H3/t20-,21+,22+,24+,26-/m0/s1. The van der Waals surface area contributed by atoms with Gasteiger partial charge in [0, 0.05) is 11.7 Å². The minimum Gasteiger partial charge on any atom is -0.468 e. The molecule has 5 rings (SSSR count). The first-order valence-corrected chi connectivity index (χ1v) is 11.6. The van der Waals surface area contributed by atoms with Crippen molar-refractivity contribution in [2.24, 2.45) is 5.92 Å². The molecule has 1 spiro atoms. The van der Waals surface area contributed by atoms with E-state index in [0.29, 0.717) is 12.3 Å². The van der Waals surface area contributed by atoms with Crippen LogP contribution in [0.15, 0.2) is 54.6 Å². The highest BCUT2D eigenvalue weighted by molar-refractivity contribution is 5.80. The number of benzene rings is 2. The zero-order valence-corrected chi connectivity index (χ0v) is 19.3. The summed E-state index contributed by atoms with van der Waals surface area (Å²) in [5.74, 6) is 0.105. The van der Waals surface area contributed by atoms with Crippen LogP contribution < -0.4 is 10.6 Å². The number of fused-ring (bicyclic) bond motifs is 1. The number of para-hydroxylation sites is 1. The van der Waals surface area contributed by atoms with Crippen molar-refractivity contribution in [2.75, 3.05) is 12.4 Å². The molecule has 2 aromatic carbocycles. The molecular weight excluding hydrogens is 418 g/mol. The third kappa shape index (κ3) is 3.46. The van der Waals surface area contributed by atoms with Crippen LogP contribution in [0.25, 0.3) is 0 Å². The Morgan fingerprint density at radius 2 is 1.85 bits per heavy atom. The predicted molar refractivity (Wildman–Crippen MR) is 125 cm³/mol. The molecular formula is C26H31N3O4. The first kappa shape index (κ1) is 21.8. The summed E-state index contributed by atoms with van der Waals surface area (Å²) in [7, 11) is 1.42. The highest BCUT2D eigenvalue weighted by Gasteiger charge is 2.69. The quantitative estimate of drug-likeness (QED) is 0.679. The number of amides is 1. The summed E-state index contributed by atoms with van der Waals surface area (Å²) in [4.78, 5) is 28.0. The molecule has 2 N–H and O–H groups in total. The van der Waals surface area contributed by atoms with Crippen LogP contribution in [0.3, 0.4) is 0 Å². The molecule has 7 nitrogen and oxygen atoms in total. The van der Waals surface area contributed by atoms with Crippen LogP contribution >= 0.6 is 0 Å². The zero-order chi connectivity index (χ0) is 23.2. The Hall–Kier alpha value is -3.06. The maximum absolute atomic E-state index is 13.5. The van der Waals surface area contributed by atoms with E-state index in [4.69, 9.17) is 9.47 Å². The van der Waals surface area contributed by atoms with Crippen molar-refractivity contribution in [1.29, 1.82) is 0 Å². The van der Waals surface area contributed by atoms with Gasteiger partial charge in [-0.25, -0.2) is 4.79 Å². The van der Waals surface area contributed by atoms with Crippen LogP contribution in [-0.2, 0) is 26.3 Å². The maximum Gasteiger partial charge on any atom is 0.412 e. The number of hydrogen-bond donors (Lipinski definition) is 2. The van der Waals surface area contributed by atoms with E-state index in [-0.39, 0.29) is 36.9 Å². The summed E-state index contributed by atoms with van der Waals surface area (Å²) in [5.41, 5.74) is 2.67. The van der Waals surface area contributed by atoms with E-state index in [1.54, 1.807) is 0 Å². The number of esters is 1. The summed E-state index contributed by atoms with van der Waals surface area (Å²) < 4.78 is 10.9. The normalized spacial score (nSPS) is 29.3. The Bertz CT molecular complexity index is 1040. The van der Waals surface area contributed by atoms with Gasteiger partial charge in [0.2, 0.25) is 0 Å². The van der Waals surface area contributed by atoms with Gasteiger partial charge in [0.1, 0.15) is 18.8 Å². The van der Waals surface area contributed by atoms with E-state index in [1.807, 2.05) is 53.4 Å². The number of carbonyl (C=O) groups is 2. The van der Waals surface area contributed by atoms with E-state index in [1.165, 1.54) is 7.11 Å². The van der Waals surface area contributed by atoms with Crippen LogP contribution in [0, 0.1) is 5.92 Å². The van der Waals surface area contributed by atoms with E-state index in [2.05, 4.69) is 30.5 Å². The van der Waals surface area contributed by atoms with Crippen LogP contribution in [-0.4, -0.2) is 48.4 Å². The smallest absolute Gasteiger partial charge is 0.412 e. The molecule has 0 saturated carbocycles. The molecule has 0 unspecified atom stereocenters. The Balaban J connectivity index is 1.51. The monoisotopic (exact) mass is 449 g/mol. The fourth-order valence-electron chi connectivity index (χ4n) is 6.07. The van der Waals surface area contributed by atoms with E-state index < -0.39 is 11.5 Å². The van der Waals surface area contributed by atoms with Gasteiger partial charge >= 0.3 is 12.1 Å². The van der Waals surface area contributed by atoms with Gasteiger partial charge in [-0.2, -0.15) is 0 Å². The van der Waals surface area contributed by atoms with Crippen LogP contribution in [0.1, 0.15) is 37.8 Å². The number of anilines is 1. The second-order valence-corrected chi connectivity index (χ2v) is 9.70. The SMILES string of the molecule is COC(=O)[C@@H]1C[C@@]23c4ccccc4N[C@@H]2N(C(=O)OCc2ccccc2)[C@H](CC(C)C)[C@H]3N1. The molecule has 2 saturated heterocycles. The van der Waals surface area contributed by atoms with Crippen LogP contribution in [0.5, 0.6) is 0 Å². The van der Waals surface area contributed by atoms with Gasteiger partial charge in [-0.3, -0.25) is 15.0 Å². The minimum atomic E-state index is -0.430. The summed E-state index contributed by atoms with van der Waals surface area (Å²) in [5, 5.41) is 7.16. The highest BCUT2D eigenvalue weighted by Crippen LogP contribution is 2.57. The average molecular weight is 450 g/mol. The Labute approximate surface area is 194 Å². The molecule has 0 aliphatic carbocycles. The Kier molecular flexibility index (Phi) is 5.52. The molecule has 3 aliphatic heterocycles. The van der Waals surface area contributed by atoms with Gasteiger partial charge in [-0.15, -0.1) is 0 Å². The largest absolute Gasteiger partial charge is 0.468 e. The number of likely N-dealkylation sites (tertiary alicyclic amines) is 1. The topological polar surface area (TPSA) is 79.9 Å². The van der Waals surface area contributed by atoms with Crippen molar-refractivity contribution in [1.82, 2.24) is 10.2 Å². The number of hydrogen-bond acceptors (Lipinski definition) is 6. The van der Waals surface area contributed by atoms with Crippen molar-refractivity contribution in [3.8, 4) is 0 Å². The van der Waals surface area contributed by atoms with Gasteiger partial charge in [0.25, 0.3) is 0 Å². The van der Waals surface area contributed by atoms with Crippen molar-refractivity contribution in [3.63, 3.8) is 0 Å². The molecule has 33 heavy (non-hydrogen) atoms. The lowest BCUT2D eigenvalue weighted by Gasteiger charge is -2.33. The lowest BCUT2D eigenvalue weighted by atomic mass is 9.73. The summed E-state index contributed by atoms with van der Waals surface area (Å²) in [6, 6.07) is 17.3. The Morgan fingerprint density at radius 1 is 1.12 bits per heavy atom. The number of nitrogens with zero attached hydrogens (tertiary/aromatic N) is 1. The number of rotatable bonds is 5. The molecule has 2 fully saturated rings. The summed E-state index contributed by atoms with van der Waals surface area (Å²) in [6.45, 7) is 4.53. The molecule has 0 radical (unpaired) electrons. The fraction of sp³-hybridized carbons (Fsp3) is 0.462. The molecule has 2 aromatic rings. The third-order valence-corrected chi connectivity index (χ3v) is 7.32. The van der Waals surface area contributed by atoms with E-state index in [0.717, 1.165) is 23.2 Å². The van der Waals surface area contributed by atoms with Gasteiger partial charge < -0.3 is 14.8 Å². The molecule has 0 aromatic heterocycles. The molecule has 5 atom stereocenters. The lowest BCUT2D eigenvalue weighted by Crippen LogP contribution is -2.51. The van der Waals surface area contributed by atoms with Gasteiger partial charge in [-0.1, -0.05) is 62.4 Å². The van der Waals surface area contributed by atoms with E-state index in [9.17, 15) is 9.59 Å². The van der Waals surface area contributed by atoms with Crippen molar-refractivity contribution >= 4 is 17.7 Å². The van der Waals surface area contributed by atoms with E-state index >= 15 is 0 Å². The number of methoxy groups -OCH3 is 1. The minimum absolute atomic E-state index is 0.0885. The summed E-state index contributed by atoms with van der Waals surface area (Å²) in [6.07, 6.45) is 0.735. The zero-order valence-electron chi connectivity index (χ0n) is 19.3. The van der Waals surface area contributed by atoms with Crippen molar-refractivity contribution in [2.45, 2.75) is 63.0 Å². The second-order valence-electron chi connectivity index (χ2n) is 9.70. The first-order chi connectivity index (χ1) is 16.0. The average Bonchev–Trinajstić information content (AvgIpc) is 3.43. The number of carbonyl (C=O) groups excluding carboxylic acids is 2. The molecule has 3 heterocycles. The number of ether oxygens (including phenoxy) is 2. The predicted octanol–water partition coefficient (Wildman–Crippen LogP) is 3.65. The van der Waals surface area contributed by atoms with Gasteiger partial charge in [0.15, 0.2) is 0 Å².